The zero-order chi connectivity index (χ0) is 18.7. The summed E-state index contributed by atoms with van der Waals surface area (Å²) in [7, 11) is 0. The van der Waals surface area contributed by atoms with Gasteiger partial charge in [0.05, 0.1) is 16.0 Å². The van der Waals surface area contributed by atoms with Crippen LogP contribution in [0.15, 0.2) is 21.5 Å². The number of phenolic OH excluding ortho intramolecular Hbond substituents is 1. The van der Waals surface area contributed by atoms with Crippen LogP contribution in [-0.2, 0) is 4.79 Å². The van der Waals surface area contributed by atoms with Gasteiger partial charge >= 0.3 is 0 Å². The molecule has 1 heterocycles. The van der Waals surface area contributed by atoms with Gasteiger partial charge in [0.25, 0.3) is 11.1 Å². The topological polar surface area (TPSA) is 66.8 Å². The van der Waals surface area contributed by atoms with Crippen LogP contribution in [0.1, 0.15) is 44.6 Å². The first kappa shape index (κ1) is 19.3. The summed E-state index contributed by atoms with van der Waals surface area (Å²) < 4.78 is 5.90. The van der Waals surface area contributed by atoms with Crippen molar-refractivity contribution in [2.24, 2.45) is 5.92 Å². The van der Waals surface area contributed by atoms with Crippen LogP contribution in [0.25, 0.3) is 6.08 Å². The number of hydrogen-bond donors (Lipinski definition) is 1. The SMILES string of the molecule is CCOc1cc(/C=C2/SC(=O)N(CC3CCCCC3)C2=O)cc(Br)c1O. The monoisotopic (exact) mass is 439 g/mol. The molecule has 0 unspecified atom stereocenters. The van der Waals surface area contributed by atoms with Crippen LogP contribution < -0.4 is 4.74 Å². The van der Waals surface area contributed by atoms with Crippen molar-refractivity contribution in [3.05, 3.63) is 27.1 Å². The molecule has 0 atom stereocenters. The number of aromatic hydroxyl groups is 1. The quantitative estimate of drug-likeness (QED) is 0.640. The van der Waals surface area contributed by atoms with Crippen molar-refractivity contribution in [2.45, 2.75) is 39.0 Å². The minimum atomic E-state index is -0.229. The molecule has 1 aliphatic heterocycles. The number of halogens is 1. The summed E-state index contributed by atoms with van der Waals surface area (Å²) in [6.45, 7) is 2.77. The predicted molar refractivity (Wildman–Crippen MR) is 106 cm³/mol. The minimum absolute atomic E-state index is 0.0226. The van der Waals surface area contributed by atoms with Crippen LogP contribution in [0.5, 0.6) is 11.5 Å². The average molecular weight is 440 g/mol. The minimum Gasteiger partial charge on any atom is -0.503 e. The average Bonchev–Trinajstić information content (AvgIpc) is 2.88. The van der Waals surface area contributed by atoms with Crippen molar-refractivity contribution >= 4 is 44.9 Å². The van der Waals surface area contributed by atoms with Gasteiger partial charge in [0.1, 0.15) is 0 Å². The molecule has 1 aromatic carbocycles. The third-order valence-corrected chi connectivity index (χ3v) is 6.20. The number of carbonyl (C=O) groups excluding carboxylic acids is 2. The van der Waals surface area contributed by atoms with E-state index in [0.29, 0.717) is 39.8 Å². The van der Waals surface area contributed by atoms with Crippen molar-refractivity contribution in [1.29, 1.82) is 0 Å². The number of imide groups is 1. The Morgan fingerprint density at radius 1 is 1.31 bits per heavy atom. The van der Waals surface area contributed by atoms with Gasteiger partial charge in [-0.05, 0) is 77.1 Å². The van der Waals surface area contributed by atoms with Crippen LogP contribution in [0.4, 0.5) is 4.79 Å². The number of hydrogen-bond acceptors (Lipinski definition) is 5. The lowest BCUT2D eigenvalue weighted by Crippen LogP contribution is -2.34. The highest BCUT2D eigenvalue weighted by molar-refractivity contribution is 9.10. The third-order valence-electron chi connectivity index (χ3n) is 4.69. The standard InChI is InChI=1S/C19H22BrNO4S/c1-2-25-15-9-13(8-14(20)17(15)22)10-16-18(23)21(19(24)26-16)11-12-6-4-3-5-7-12/h8-10,12,22H,2-7,11H2,1H3/b16-10+. The molecule has 0 bridgehead atoms. The summed E-state index contributed by atoms with van der Waals surface area (Å²) in [5, 5.41) is 9.81. The van der Waals surface area contributed by atoms with Crippen LogP contribution >= 0.6 is 27.7 Å². The molecular weight excluding hydrogens is 418 g/mol. The molecule has 3 rings (SSSR count). The van der Waals surface area contributed by atoms with E-state index in [9.17, 15) is 14.7 Å². The predicted octanol–water partition coefficient (Wildman–Crippen LogP) is 5.17. The number of amides is 2. The second-order valence-electron chi connectivity index (χ2n) is 6.58. The molecule has 0 aromatic heterocycles. The van der Waals surface area contributed by atoms with E-state index in [1.807, 2.05) is 6.92 Å². The first-order chi connectivity index (χ1) is 12.5. The molecular formula is C19H22BrNO4S. The van der Waals surface area contributed by atoms with E-state index < -0.39 is 0 Å². The lowest BCUT2D eigenvalue weighted by atomic mass is 9.89. The van der Waals surface area contributed by atoms with Gasteiger partial charge in [-0.15, -0.1) is 0 Å². The molecule has 0 radical (unpaired) electrons. The van der Waals surface area contributed by atoms with Gasteiger partial charge in [-0.25, -0.2) is 0 Å². The van der Waals surface area contributed by atoms with Crippen molar-refractivity contribution < 1.29 is 19.4 Å². The van der Waals surface area contributed by atoms with Crippen LogP contribution in [0.3, 0.4) is 0 Å². The Morgan fingerprint density at radius 2 is 2.04 bits per heavy atom. The van der Waals surface area contributed by atoms with Crippen LogP contribution in [0, 0.1) is 5.92 Å². The van der Waals surface area contributed by atoms with E-state index in [2.05, 4.69) is 15.9 Å². The van der Waals surface area contributed by atoms with Gasteiger partial charge in [-0.2, -0.15) is 0 Å². The summed E-state index contributed by atoms with van der Waals surface area (Å²) >= 11 is 4.27. The molecule has 1 aromatic rings. The number of phenols is 1. The smallest absolute Gasteiger partial charge is 0.293 e. The van der Waals surface area contributed by atoms with E-state index in [-0.39, 0.29) is 16.9 Å². The van der Waals surface area contributed by atoms with Gasteiger partial charge in [0.15, 0.2) is 11.5 Å². The number of ether oxygens (including phenoxy) is 1. The molecule has 140 valence electrons. The maximum atomic E-state index is 12.7. The van der Waals surface area contributed by atoms with Crippen LogP contribution in [0.2, 0.25) is 0 Å². The highest BCUT2D eigenvalue weighted by Gasteiger charge is 2.36. The molecule has 2 amide bonds. The summed E-state index contributed by atoms with van der Waals surface area (Å²) in [5.41, 5.74) is 0.696. The Hall–Kier alpha value is -1.47. The molecule has 2 aliphatic rings. The molecule has 2 fully saturated rings. The fourth-order valence-corrected chi connectivity index (χ4v) is 4.69. The lowest BCUT2D eigenvalue weighted by molar-refractivity contribution is -0.123. The number of rotatable bonds is 5. The second kappa shape index (κ2) is 8.48. The van der Waals surface area contributed by atoms with Gasteiger partial charge in [-0.1, -0.05) is 19.3 Å². The summed E-state index contributed by atoms with van der Waals surface area (Å²) in [4.78, 5) is 26.8. The van der Waals surface area contributed by atoms with Gasteiger partial charge < -0.3 is 9.84 Å². The van der Waals surface area contributed by atoms with Crippen LogP contribution in [-0.4, -0.2) is 34.3 Å². The number of carbonyl (C=O) groups is 2. The molecule has 1 saturated heterocycles. The molecule has 0 spiro atoms. The molecule has 5 nitrogen and oxygen atoms in total. The van der Waals surface area contributed by atoms with Crippen molar-refractivity contribution in [1.82, 2.24) is 4.90 Å². The van der Waals surface area contributed by atoms with E-state index in [0.717, 1.165) is 24.6 Å². The highest BCUT2D eigenvalue weighted by atomic mass is 79.9. The molecule has 1 saturated carbocycles. The van der Waals surface area contributed by atoms with Gasteiger partial charge in [-0.3, -0.25) is 14.5 Å². The van der Waals surface area contributed by atoms with E-state index in [1.165, 1.54) is 24.2 Å². The van der Waals surface area contributed by atoms with Crippen molar-refractivity contribution in [3.8, 4) is 11.5 Å². The Balaban J connectivity index is 1.79. The third kappa shape index (κ3) is 4.26. The van der Waals surface area contributed by atoms with Gasteiger partial charge in [0.2, 0.25) is 0 Å². The second-order valence-corrected chi connectivity index (χ2v) is 8.43. The fourth-order valence-electron chi connectivity index (χ4n) is 3.38. The Kier molecular flexibility index (Phi) is 6.29. The molecule has 7 heteroatoms. The fraction of sp³-hybridized carbons (Fsp3) is 0.474. The maximum Gasteiger partial charge on any atom is 0.293 e. The van der Waals surface area contributed by atoms with Crippen molar-refractivity contribution in [2.75, 3.05) is 13.2 Å². The largest absolute Gasteiger partial charge is 0.503 e. The van der Waals surface area contributed by atoms with E-state index in [4.69, 9.17) is 4.74 Å². The molecule has 26 heavy (non-hydrogen) atoms. The lowest BCUT2D eigenvalue weighted by Gasteiger charge is -2.25. The van der Waals surface area contributed by atoms with E-state index in [1.54, 1.807) is 18.2 Å². The Bertz CT molecular complexity index is 743. The Labute approximate surface area is 165 Å². The maximum absolute atomic E-state index is 12.7. The highest BCUT2D eigenvalue weighted by Crippen LogP contribution is 2.39. The first-order valence-electron chi connectivity index (χ1n) is 8.90. The zero-order valence-electron chi connectivity index (χ0n) is 14.7. The van der Waals surface area contributed by atoms with Crippen molar-refractivity contribution in [3.63, 3.8) is 0 Å². The summed E-state index contributed by atoms with van der Waals surface area (Å²) in [6.07, 6.45) is 7.46. The van der Waals surface area contributed by atoms with E-state index >= 15 is 0 Å². The normalized spacial score (nSPS) is 20.2. The summed E-state index contributed by atoms with van der Waals surface area (Å²) in [6, 6.07) is 3.37. The molecule has 1 N–H and O–H groups in total. The first-order valence-corrected chi connectivity index (χ1v) is 10.5. The summed E-state index contributed by atoms with van der Waals surface area (Å²) in [5.74, 6) is 0.556. The number of thioether (sulfide) groups is 1. The number of nitrogens with zero attached hydrogens (tertiary/aromatic N) is 1. The zero-order valence-corrected chi connectivity index (χ0v) is 17.1. The number of benzene rings is 1. The Morgan fingerprint density at radius 3 is 2.73 bits per heavy atom. The van der Waals surface area contributed by atoms with Gasteiger partial charge in [0, 0.05) is 6.54 Å². The molecule has 1 aliphatic carbocycles.